The van der Waals surface area contributed by atoms with E-state index in [1.54, 1.807) is 30.5 Å². The highest BCUT2D eigenvalue weighted by atomic mass is 19.1. The number of aliphatic hydroxyl groups is 1. The van der Waals surface area contributed by atoms with E-state index in [0.717, 1.165) is 38.0 Å². The molecule has 1 unspecified atom stereocenters. The van der Waals surface area contributed by atoms with Crippen LogP contribution < -0.4 is 21.1 Å². The van der Waals surface area contributed by atoms with Crippen molar-refractivity contribution in [1.82, 2.24) is 15.0 Å². The van der Waals surface area contributed by atoms with Gasteiger partial charge in [0.1, 0.15) is 11.6 Å². The molecule has 0 bridgehead atoms. The Bertz CT molecular complexity index is 1630. The van der Waals surface area contributed by atoms with Crippen LogP contribution in [-0.4, -0.2) is 44.7 Å². The summed E-state index contributed by atoms with van der Waals surface area (Å²) in [5.74, 6) is -0.264. The van der Waals surface area contributed by atoms with Crippen molar-refractivity contribution in [2.24, 2.45) is 5.92 Å². The Labute approximate surface area is 244 Å². The summed E-state index contributed by atoms with van der Waals surface area (Å²) >= 11 is 0. The number of nitrogens with one attached hydrogen (secondary N) is 3. The van der Waals surface area contributed by atoms with E-state index in [1.807, 2.05) is 32.9 Å². The number of anilines is 4. The molecule has 220 valence electrons. The van der Waals surface area contributed by atoms with Gasteiger partial charge in [-0.15, -0.1) is 0 Å². The van der Waals surface area contributed by atoms with Crippen LogP contribution in [0.4, 0.5) is 27.3 Å². The number of pyridine rings is 3. The Kier molecular flexibility index (Phi) is 8.54. The van der Waals surface area contributed by atoms with Crippen molar-refractivity contribution < 1.29 is 14.3 Å². The number of aromatic nitrogens is 3. The number of fused-ring (bicyclic) bond motifs is 1. The summed E-state index contributed by atoms with van der Waals surface area (Å²) in [4.78, 5) is 39.4. The quantitative estimate of drug-likeness (QED) is 0.194. The standard InChI is InChI=1S/C32H37FN6O3/c1-4-6-20(5-2)30(40)36-21-7-9-23(24(33)17-21)26-18-27(29-25(37-26)11-14-34-31(29)41)38-28-10-8-22(19-35-28)39-15-12-32(3,42)13-16-39/h7-11,14,17-20,42H,4-6,12-13,15-16H2,1-3H3,(H,34,41)(H,36,40)(H,35,37,38). The molecule has 1 fully saturated rings. The summed E-state index contributed by atoms with van der Waals surface area (Å²) in [6.07, 6.45) is 7.02. The van der Waals surface area contributed by atoms with E-state index in [0.29, 0.717) is 46.6 Å². The molecule has 4 N–H and O–H groups in total. The molecule has 0 saturated carbocycles. The van der Waals surface area contributed by atoms with E-state index in [-0.39, 0.29) is 22.9 Å². The van der Waals surface area contributed by atoms with Gasteiger partial charge in [0.05, 0.1) is 39.8 Å². The summed E-state index contributed by atoms with van der Waals surface area (Å²) < 4.78 is 15.4. The number of aromatic amines is 1. The van der Waals surface area contributed by atoms with Crippen LogP contribution in [0.15, 0.2) is 59.7 Å². The number of nitrogens with zero attached hydrogens (tertiary/aromatic N) is 3. The molecule has 4 aromatic rings. The van der Waals surface area contributed by atoms with Crippen molar-refractivity contribution in [1.29, 1.82) is 0 Å². The summed E-state index contributed by atoms with van der Waals surface area (Å²) in [7, 11) is 0. The van der Waals surface area contributed by atoms with Crippen LogP contribution >= 0.6 is 0 Å². The third kappa shape index (κ3) is 6.44. The SMILES string of the molecule is CCCC(CC)C(=O)Nc1ccc(-c2cc(Nc3ccc(N4CCC(C)(O)CC4)cn3)c3c(=O)[nH]ccc3n2)c(F)c1. The van der Waals surface area contributed by atoms with E-state index in [1.165, 1.54) is 12.3 Å². The predicted octanol–water partition coefficient (Wildman–Crippen LogP) is 5.98. The zero-order valence-corrected chi connectivity index (χ0v) is 24.2. The lowest BCUT2D eigenvalue weighted by molar-refractivity contribution is -0.120. The van der Waals surface area contributed by atoms with Gasteiger partial charge in [-0.2, -0.15) is 0 Å². The van der Waals surface area contributed by atoms with Crippen LogP contribution in [0.5, 0.6) is 0 Å². The van der Waals surface area contributed by atoms with Gasteiger partial charge in [-0.25, -0.2) is 14.4 Å². The number of hydrogen-bond acceptors (Lipinski definition) is 7. The molecule has 10 heteroatoms. The van der Waals surface area contributed by atoms with Crippen molar-refractivity contribution >= 4 is 39.7 Å². The van der Waals surface area contributed by atoms with Gasteiger partial charge in [-0.1, -0.05) is 20.3 Å². The van der Waals surface area contributed by atoms with Gasteiger partial charge in [0.2, 0.25) is 5.91 Å². The second kappa shape index (κ2) is 12.3. The normalized spacial score (nSPS) is 15.4. The Balaban J connectivity index is 1.42. The first-order valence-electron chi connectivity index (χ1n) is 14.5. The molecule has 3 aromatic heterocycles. The van der Waals surface area contributed by atoms with Crippen LogP contribution in [-0.2, 0) is 4.79 Å². The maximum Gasteiger partial charge on any atom is 0.259 e. The number of rotatable bonds is 9. The average Bonchev–Trinajstić information content (AvgIpc) is 2.96. The van der Waals surface area contributed by atoms with Crippen LogP contribution in [0.2, 0.25) is 0 Å². The second-order valence-corrected chi connectivity index (χ2v) is 11.2. The molecular weight excluding hydrogens is 535 g/mol. The maximum absolute atomic E-state index is 15.4. The molecule has 4 heterocycles. The molecule has 1 aliphatic rings. The molecular formula is C32H37FN6O3. The van der Waals surface area contributed by atoms with Gasteiger partial charge >= 0.3 is 0 Å². The smallest absolute Gasteiger partial charge is 0.259 e. The van der Waals surface area contributed by atoms with Crippen LogP contribution in [0.1, 0.15) is 52.9 Å². The van der Waals surface area contributed by atoms with E-state index < -0.39 is 11.4 Å². The fraction of sp³-hybridized carbons (Fsp3) is 0.375. The lowest BCUT2D eigenvalue weighted by Crippen LogP contribution is -2.42. The van der Waals surface area contributed by atoms with Crippen LogP contribution in [0.25, 0.3) is 22.2 Å². The zero-order chi connectivity index (χ0) is 29.9. The number of carbonyl (C=O) groups excluding carboxylic acids is 1. The van der Waals surface area contributed by atoms with Gasteiger partial charge in [0, 0.05) is 36.5 Å². The summed E-state index contributed by atoms with van der Waals surface area (Å²) in [6.45, 7) is 7.34. The number of amides is 1. The van der Waals surface area contributed by atoms with Gasteiger partial charge in [-0.05, 0) is 75.1 Å². The predicted molar refractivity (Wildman–Crippen MR) is 165 cm³/mol. The number of piperidine rings is 1. The summed E-state index contributed by atoms with van der Waals surface area (Å²) in [5.41, 5.74) is 1.77. The Morgan fingerprint density at radius 1 is 1.17 bits per heavy atom. The Hall–Kier alpha value is -4.31. The first kappa shape index (κ1) is 29.2. The first-order valence-corrected chi connectivity index (χ1v) is 14.5. The Morgan fingerprint density at radius 3 is 2.62 bits per heavy atom. The van der Waals surface area contributed by atoms with Gasteiger partial charge in [-0.3, -0.25) is 9.59 Å². The number of halogens is 1. The monoisotopic (exact) mass is 572 g/mol. The van der Waals surface area contributed by atoms with Crippen molar-refractivity contribution in [3.63, 3.8) is 0 Å². The minimum Gasteiger partial charge on any atom is -0.390 e. The van der Waals surface area contributed by atoms with Crippen LogP contribution in [0.3, 0.4) is 0 Å². The first-order chi connectivity index (χ1) is 20.2. The lowest BCUT2D eigenvalue weighted by Gasteiger charge is -2.37. The molecule has 9 nitrogen and oxygen atoms in total. The average molecular weight is 573 g/mol. The lowest BCUT2D eigenvalue weighted by atomic mass is 9.94. The third-order valence-electron chi connectivity index (χ3n) is 7.96. The van der Waals surface area contributed by atoms with Crippen LogP contribution in [0, 0.1) is 11.7 Å². The highest BCUT2D eigenvalue weighted by molar-refractivity contribution is 5.95. The largest absolute Gasteiger partial charge is 0.390 e. The number of hydrogen-bond donors (Lipinski definition) is 4. The molecule has 0 radical (unpaired) electrons. The molecule has 1 aromatic carbocycles. The van der Waals surface area contributed by atoms with Crippen molar-refractivity contribution in [2.45, 2.75) is 58.5 Å². The van der Waals surface area contributed by atoms with Crippen molar-refractivity contribution in [3.05, 3.63) is 71.0 Å². The third-order valence-corrected chi connectivity index (χ3v) is 7.96. The molecule has 42 heavy (non-hydrogen) atoms. The molecule has 1 amide bonds. The topological polar surface area (TPSA) is 123 Å². The maximum atomic E-state index is 15.4. The molecule has 5 rings (SSSR count). The van der Waals surface area contributed by atoms with Crippen molar-refractivity contribution in [3.8, 4) is 11.3 Å². The highest BCUT2D eigenvalue weighted by Gasteiger charge is 2.27. The minimum atomic E-state index is -0.640. The second-order valence-electron chi connectivity index (χ2n) is 11.2. The van der Waals surface area contributed by atoms with Gasteiger partial charge < -0.3 is 25.6 Å². The van der Waals surface area contributed by atoms with Crippen molar-refractivity contribution in [2.75, 3.05) is 28.6 Å². The highest BCUT2D eigenvalue weighted by Crippen LogP contribution is 2.32. The molecule has 0 aliphatic carbocycles. The number of H-pyrrole nitrogens is 1. The molecule has 1 saturated heterocycles. The molecule has 1 atom stereocenters. The van der Waals surface area contributed by atoms with E-state index in [4.69, 9.17) is 0 Å². The summed E-state index contributed by atoms with van der Waals surface area (Å²) in [6, 6.07) is 11.6. The van der Waals surface area contributed by atoms with Gasteiger partial charge in [0.15, 0.2) is 0 Å². The number of benzene rings is 1. The van der Waals surface area contributed by atoms with E-state index in [9.17, 15) is 14.7 Å². The number of carbonyl (C=O) groups is 1. The van der Waals surface area contributed by atoms with E-state index in [2.05, 4.69) is 30.5 Å². The minimum absolute atomic E-state index is 0.119. The fourth-order valence-electron chi connectivity index (χ4n) is 5.37. The van der Waals surface area contributed by atoms with E-state index >= 15 is 4.39 Å². The Morgan fingerprint density at radius 2 is 1.95 bits per heavy atom. The molecule has 1 aliphatic heterocycles. The fourth-order valence-corrected chi connectivity index (χ4v) is 5.37. The molecule has 0 spiro atoms. The van der Waals surface area contributed by atoms with Gasteiger partial charge in [0.25, 0.3) is 5.56 Å². The summed E-state index contributed by atoms with van der Waals surface area (Å²) in [5, 5.41) is 16.6. The zero-order valence-electron chi connectivity index (χ0n) is 24.2.